The van der Waals surface area contributed by atoms with Gasteiger partial charge in [0.25, 0.3) is 0 Å². The monoisotopic (exact) mass is 580 g/mol. The standard InChI is InChI=1S/C32H52O9/c1-7-22-16-25-10-13-27(38-25)19(4)30(33)36-18(3)15-24-9-12-28(37-24)20(5)31(34)40-23(8-2)17-26-11-14-29(39-26)21(6)32(35)41-22/h18-29H,7-17H2,1-6H3/t18-,19-,20+,21-,22+,23-,24+,25+,26+,27-,28-,29-/m0/s1. The lowest BCUT2D eigenvalue weighted by atomic mass is 10.00. The predicted molar refractivity (Wildman–Crippen MR) is 151 cm³/mol. The van der Waals surface area contributed by atoms with E-state index in [9.17, 15) is 14.4 Å². The highest BCUT2D eigenvalue weighted by Crippen LogP contribution is 2.34. The zero-order valence-corrected chi connectivity index (χ0v) is 25.9. The lowest BCUT2D eigenvalue weighted by molar-refractivity contribution is -0.163. The summed E-state index contributed by atoms with van der Waals surface area (Å²) in [6, 6.07) is 0. The molecule has 9 heteroatoms. The van der Waals surface area contributed by atoms with Gasteiger partial charge in [-0.3, -0.25) is 14.4 Å². The van der Waals surface area contributed by atoms with Gasteiger partial charge < -0.3 is 28.4 Å². The van der Waals surface area contributed by atoms with Crippen LogP contribution in [0.25, 0.3) is 0 Å². The van der Waals surface area contributed by atoms with E-state index in [4.69, 9.17) is 28.4 Å². The molecule has 6 bridgehead atoms. The number of ether oxygens (including phenoxy) is 6. The van der Waals surface area contributed by atoms with Gasteiger partial charge in [0.1, 0.15) is 18.3 Å². The van der Waals surface area contributed by atoms with Crippen molar-refractivity contribution in [1.82, 2.24) is 0 Å². The number of rotatable bonds is 2. The van der Waals surface area contributed by atoms with Crippen molar-refractivity contribution in [2.24, 2.45) is 17.8 Å². The molecule has 4 rings (SSSR count). The number of fused-ring (bicyclic) bond motifs is 6. The quantitative estimate of drug-likeness (QED) is 0.318. The van der Waals surface area contributed by atoms with Crippen LogP contribution in [-0.2, 0) is 42.8 Å². The Labute approximate surface area is 245 Å². The molecule has 0 aromatic carbocycles. The molecule has 0 aromatic heterocycles. The largest absolute Gasteiger partial charge is 0.462 e. The van der Waals surface area contributed by atoms with Gasteiger partial charge in [-0.1, -0.05) is 13.8 Å². The Morgan fingerprint density at radius 3 is 1.22 bits per heavy atom. The van der Waals surface area contributed by atoms with Gasteiger partial charge in [-0.15, -0.1) is 0 Å². The Kier molecular flexibility index (Phi) is 11.5. The number of cyclic esters (lactones) is 3. The molecule has 4 saturated heterocycles. The van der Waals surface area contributed by atoms with Crippen molar-refractivity contribution in [3.05, 3.63) is 0 Å². The Balaban J connectivity index is 1.44. The molecule has 0 N–H and O–H groups in total. The fourth-order valence-corrected chi connectivity index (χ4v) is 6.73. The molecular weight excluding hydrogens is 528 g/mol. The molecule has 9 nitrogen and oxygen atoms in total. The maximum atomic E-state index is 13.1. The first-order valence-corrected chi connectivity index (χ1v) is 16.2. The smallest absolute Gasteiger partial charge is 0.311 e. The summed E-state index contributed by atoms with van der Waals surface area (Å²) in [6.07, 6.45) is 6.35. The van der Waals surface area contributed by atoms with E-state index in [1.165, 1.54) is 0 Å². The molecule has 0 aromatic rings. The molecular formula is C32H52O9. The number of hydrogen-bond acceptors (Lipinski definition) is 9. The summed E-state index contributed by atoms with van der Waals surface area (Å²) < 4.78 is 36.5. The minimum absolute atomic E-state index is 0.0575. The molecule has 12 atom stereocenters. The summed E-state index contributed by atoms with van der Waals surface area (Å²) >= 11 is 0. The molecule has 0 unspecified atom stereocenters. The Bertz CT molecular complexity index is 890. The van der Waals surface area contributed by atoms with Crippen molar-refractivity contribution in [3.8, 4) is 0 Å². The van der Waals surface area contributed by atoms with Gasteiger partial charge in [-0.05, 0) is 79.1 Å². The van der Waals surface area contributed by atoms with Gasteiger partial charge in [0.2, 0.25) is 0 Å². The van der Waals surface area contributed by atoms with Crippen molar-refractivity contribution in [2.75, 3.05) is 0 Å². The molecule has 41 heavy (non-hydrogen) atoms. The molecule has 234 valence electrons. The van der Waals surface area contributed by atoms with Gasteiger partial charge in [0, 0.05) is 19.3 Å². The van der Waals surface area contributed by atoms with Crippen molar-refractivity contribution in [1.29, 1.82) is 0 Å². The molecule has 0 spiro atoms. The van der Waals surface area contributed by atoms with E-state index in [1.807, 2.05) is 41.5 Å². The summed E-state index contributed by atoms with van der Waals surface area (Å²) in [7, 11) is 0. The summed E-state index contributed by atoms with van der Waals surface area (Å²) in [4.78, 5) is 39.1. The van der Waals surface area contributed by atoms with Crippen LogP contribution in [0.5, 0.6) is 0 Å². The predicted octanol–water partition coefficient (Wildman–Crippen LogP) is 5.30. The third kappa shape index (κ3) is 8.44. The van der Waals surface area contributed by atoms with Gasteiger partial charge >= 0.3 is 17.9 Å². The number of carbonyl (C=O) groups excluding carboxylic acids is 3. The van der Waals surface area contributed by atoms with Crippen LogP contribution >= 0.6 is 0 Å². The van der Waals surface area contributed by atoms with Crippen molar-refractivity contribution < 1.29 is 42.8 Å². The van der Waals surface area contributed by atoms with E-state index < -0.39 is 0 Å². The van der Waals surface area contributed by atoms with Crippen molar-refractivity contribution in [2.45, 2.75) is 167 Å². The molecule has 4 heterocycles. The zero-order chi connectivity index (χ0) is 29.7. The number of hydrogen-bond donors (Lipinski definition) is 0. The Morgan fingerprint density at radius 2 is 0.854 bits per heavy atom. The molecule has 4 fully saturated rings. The van der Waals surface area contributed by atoms with Gasteiger partial charge in [-0.25, -0.2) is 0 Å². The topological polar surface area (TPSA) is 107 Å². The second-order valence-electron chi connectivity index (χ2n) is 12.9. The normalized spacial score (nSPS) is 43.6. The van der Waals surface area contributed by atoms with Crippen LogP contribution in [0.3, 0.4) is 0 Å². The summed E-state index contributed by atoms with van der Waals surface area (Å²) in [5.41, 5.74) is 0. The fourth-order valence-electron chi connectivity index (χ4n) is 6.73. The van der Waals surface area contributed by atoms with E-state index in [-0.39, 0.29) is 90.6 Å². The van der Waals surface area contributed by atoms with E-state index in [0.29, 0.717) is 32.1 Å². The Morgan fingerprint density at radius 1 is 0.512 bits per heavy atom. The molecule has 0 aliphatic carbocycles. The Hall–Kier alpha value is -1.71. The molecule has 4 aliphatic heterocycles. The minimum Gasteiger partial charge on any atom is -0.462 e. The third-order valence-corrected chi connectivity index (χ3v) is 9.65. The first kappa shape index (κ1) is 32.2. The molecule has 0 radical (unpaired) electrons. The minimum atomic E-state index is -0.387. The van der Waals surface area contributed by atoms with Crippen LogP contribution in [0.2, 0.25) is 0 Å². The highest BCUT2D eigenvalue weighted by molar-refractivity contribution is 5.74. The van der Waals surface area contributed by atoms with Crippen molar-refractivity contribution in [3.63, 3.8) is 0 Å². The highest BCUT2D eigenvalue weighted by atomic mass is 16.6. The van der Waals surface area contributed by atoms with E-state index >= 15 is 0 Å². The van der Waals surface area contributed by atoms with Crippen LogP contribution < -0.4 is 0 Å². The average molecular weight is 581 g/mol. The SMILES string of the molecule is CC[C@@H]1C[C@H]2CC[C@H](O2)[C@H](C)C(=O)O[C@@H](C)C[C@H]2CC[C@H](O2)[C@@H](C)C(=O)O[C@@H](CC)C[C@H]2CC[C@H](O2)[C@H](C)C(=O)O1. The lowest BCUT2D eigenvalue weighted by Gasteiger charge is -2.27. The van der Waals surface area contributed by atoms with Crippen LogP contribution in [0.15, 0.2) is 0 Å². The van der Waals surface area contributed by atoms with E-state index in [0.717, 1.165) is 38.5 Å². The number of esters is 3. The van der Waals surface area contributed by atoms with Crippen LogP contribution in [0.4, 0.5) is 0 Å². The lowest BCUT2D eigenvalue weighted by Crippen LogP contribution is -2.34. The van der Waals surface area contributed by atoms with E-state index in [2.05, 4.69) is 0 Å². The summed E-state index contributed by atoms with van der Waals surface area (Å²) in [5, 5.41) is 0. The van der Waals surface area contributed by atoms with Gasteiger partial charge in [-0.2, -0.15) is 0 Å². The first-order chi connectivity index (χ1) is 19.6. The van der Waals surface area contributed by atoms with Crippen LogP contribution in [0.1, 0.15) is 112 Å². The fraction of sp³-hybridized carbons (Fsp3) is 0.906. The molecule has 0 saturated carbocycles. The summed E-state index contributed by atoms with van der Waals surface area (Å²) in [5.74, 6) is -1.93. The van der Waals surface area contributed by atoms with E-state index in [1.54, 1.807) is 0 Å². The molecule has 4 aliphatic rings. The van der Waals surface area contributed by atoms with Crippen LogP contribution in [0, 0.1) is 17.8 Å². The van der Waals surface area contributed by atoms with Crippen molar-refractivity contribution >= 4 is 17.9 Å². The first-order valence-electron chi connectivity index (χ1n) is 16.2. The van der Waals surface area contributed by atoms with Gasteiger partial charge in [0.05, 0.1) is 54.4 Å². The average Bonchev–Trinajstić information content (AvgIpc) is 3.72. The third-order valence-electron chi connectivity index (χ3n) is 9.65. The maximum absolute atomic E-state index is 13.1. The van der Waals surface area contributed by atoms with Crippen LogP contribution in [-0.4, -0.2) is 72.8 Å². The maximum Gasteiger partial charge on any atom is 0.311 e. The highest BCUT2D eigenvalue weighted by Gasteiger charge is 2.40. The second-order valence-corrected chi connectivity index (χ2v) is 12.9. The molecule has 0 amide bonds. The number of carbonyl (C=O) groups is 3. The second kappa shape index (κ2) is 14.6. The summed E-state index contributed by atoms with van der Waals surface area (Å²) in [6.45, 7) is 11.5. The zero-order valence-electron chi connectivity index (χ0n) is 25.9. The van der Waals surface area contributed by atoms with Gasteiger partial charge in [0.15, 0.2) is 0 Å².